The van der Waals surface area contributed by atoms with Gasteiger partial charge in [0.2, 0.25) is 0 Å². The van der Waals surface area contributed by atoms with Crippen molar-refractivity contribution in [3.8, 4) is 6.07 Å². The lowest BCUT2D eigenvalue weighted by atomic mass is 9.76. The van der Waals surface area contributed by atoms with Gasteiger partial charge in [-0.15, -0.1) is 0 Å². The first-order chi connectivity index (χ1) is 15.8. The van der Waals surface area contributed by atoms with Crippen molar-refractivity contribution in [2.45, 2.75) is 45.1 Å². The number of nitrogens with one attached hydrogen (secondary N) is 1. The SMILES string of the molecule is CC(C)C=C(C#N)C(=O)N1CCCC1COC(=O)N[C@@H](Cc1coc2ccccc12)B(O)O. The smallest absolute Gasteiger partial charge is 0.464 e. The van der Waals surface area contributed by atoms with Gasteiger partial charge in [0.05, 0.1) is 18.2 Å². The van der Waals surface area contributed by atoms with Crippen LogP contribution in [0.1, 0.15) is 32.3 Å². The number of alkyl carbamates (subject to hydrolysis) is 1. The first-order valence-corrected chi connectivity index (χ1v) is 11.0. The predicted molar refractivity (Wildman–Crippen MR) is 122 cm³/mol. The Hall–Kier alpha value is -3.29. The van der Waals surface area contributed by atoms with Gasteiger partial charge in [0.15, 0.2) is 0 Å². The first kappa shape index (κ1) is 24.4. The second-order valence-corrected chi connectivity index (χ2v) is 8.45. The fraction of sp³-hybridized carbons (Fsp3) is 0.435. The second kappa shape index (κ2) is 11.0. The van der Waals surface area contributed by atoms with Crippen molar-refractivity contribution in [1.29, 1.82) is 5.26 Å². The molecule has 1 saturated heterocycles. The van der Waals surface area contributed by atoms with Crippen LogP contribution in [0.4, 0.5) is 4.79 Å². The van der Waals surface area contributed by atoms with Crippen molar-refractivity contribution in [2.24, 2.45) is 5.92 Å². The molecule has 1 fully saturated rings. The van der Waals surface area contributed by atoms with Gasteiger partial charge in [0.1, 0.15) is 23.8 Å². The van der Waals surface area contributed by atoms with Gasteiger partial charge in [-0.2, -0.15) is 5.26 Å². The van der Waals surface area contributed by atoms with Crippen LogP contribution in [0.5, 0.6) is 0 Å². The number of rotatable bonds is 8. The van der Waals surface area contributed by atoms with Crippen molar-refractivity contribution >= 4 is 30.1 Å². The number of nitriles is 1. The van der Waals surface area contributed by atoms with Crippen LogP contribution >= 0.6 is 0 Å². The molecular formula is C23H28BN3O6. The van der Waals surface area contributed by atoms with Gasteiger partial charge in [-0.05, 0) is 36.8 Å². The van der Waals surface area contributed by atoms with Crippen LogP contribution in [-0.4, -0.2) is 59.2 Å². The Kier molecular flexibility index (Phi) is 8.14. The van der Waals surface area contributed by atoms with E-state index in [0.29, 0.717) is 18.5 Å². The predicted octanol–water partition coefficient (Wildman–Crippen LogP) is 2.18. The number of fused-ring (bicyclic) bond motifs is 1. The van der Waals surface area contributed by atoms with Crippen molar-refractivity contribution in [3.63, 3.8) is 0 Å². The van der Waals surface area contributed by atoms with Gasteiger partial charge >= 0.3 is 13.2 Å². The molecule has 2 heterocycles. The van der Waals surface area contributed by atoms with Crippen LogP contribution in [0.15, 0.2) is 46.6 Å². The van der Waals surface area contributed by atoms with E-state index in [1.54, 1.807) is 17.0 Å². The molecule has 0 radical (unpaired) electrons. The number of hydrogen-bond donors (Lipinski definition) is 3. The highest BCUT2D eigenvalue weighted by Crippen LogP contribution is 2.23. The summed E-state index contributed by atoms with van der Waals surface area (Å²) >= 11 is 0. The maximum Gasteiger partial charge on any atom is 0.475 e. The Balaban J connectivity index is 1.58. The van der Waals surface area contributed by atoms with E-state index in [1.165, 1.54) is 6.26 Å². The highest BCUT2D eigenvalue weighted by Gasteiger charge is 2.32. The third-order valence-corrected chi connectivity index (χ3v) is 5.56. The molecule has 0 aliphatic carbocycles. The third kappa shape index (κ3) is 6.15. The average Bonchev–Trinajstić information content (AvgIpc) is 3.42. The summed E-state index contributed by atoms with van der Waals surface area (Å²) in [5, 5.41) is 32.1. The van der Waals surface area contributed by atoms with Crippen LogP contribution in [-0.2, 0) is 16.0 Å². The van der Waals surface area contributed by atoms with Crippen LogP contribution in [0.2, 0.25) is 0 Å². The van der Waals surface area contributed by atoms with E-state index in [-0.39, 0.29) is 36.5 Å². The number of carbonyl (C=O) groups is 2. The standard InChI is InChI=1S/C23H28BN3O6/c1-15(2)10-16(12-25)22(28)27-9-5-6-18(27)14-33-23(29)26-21(24(30)31)11-17-13-32-20-8-4-3-7-19(17)20/h3-4,7-8,10,13,15,18,21,30-31H,5-6,9,11,14H2,1-2H3,(H,26,29)/t18?,21-/m0/s1. The van der Waals surface area contributed by atoms with E-state index >= 15 is 0 Å². The topological polar surface area (TPSA) is 136 Å². The molecule has 33 heavy (non-hydrogen) atoms. The number of benzene rings is 1. The zero-order chi connectivity index (χ0) is 24.0. The molecule has 10 heteroatoms. The number of ether oxygens (including phenoxy) is 1. The summed E-state index contributed by atoms with van der Waals surface area (Å²) in [4.78, 5) is 26.7. The number of nitrogens with zero attached hydrogens (tertiary/aromatic N) is 2. The van der Waals surface area contributed by atoms with Gasteiger partial charge < -0.3 is 29.4 Å². The zero-order valence-electron chi connectivity index (χ0n) is 18.7. The summed E-state index contributed by atoms with van der Waals surface area (Å²) in [6, 6.07) is 8.93. The van der Waals surface area contributed by atoms with Crippen molar-refractivity contribution in [1.82, 2.24) is 10.2 Å². The fourth-order valence-corrected chi connectivity index (χ4v) is 3.94. The molecule has 9 nitrogen and oxygen atoms in total. The summed E-state index contributed by atoms with van der Waals surface area (Å²) in [7, 11) is -1.81. The molecule has 0 saturated carbocycles. The molecule has 2 amide bonds. The molecule has 2 atom stereocenters. The van der Waals surface area contributed by atoms with Gasteiger partial charge in [-0.25, -0.2) is 4.79 Å². The van der Waals surface area contributed by atoms with Gasteiger partial charge in [-0.3, -0.25) is 4.79 Å². The molecule has 3 rings (SSSR count). The minimum atomic E-state index is -1.81. The molecule has 0 bridgehead atoms. The van der Waals surface area contributed by atoms with Gasteiger partial charge in [0.25, 0.3) is 5.91 Å². The minimum Gasteiger partial charge on any atom is -0.464 e. The molecular weight excluding hydrogens is 425 g/mol. The molecule has 1 aromatic heterocycles. The van der Waals surface area contributed by atoms with Crippen LogP contribution < -0.4 is 5.32 Å². The van der Waals surface area contributed by atoms with Crippen LogP contribution in [0.3, 0.4) is 0 Å². The van der Waals surface area contributed by atoms with Gasteiger partial charge in [-0.1, -0.05) is 38.1 Å². The lowest BCUT2D eigenvalue weighted by Gasteiger charge is -2.25. The number of allylic oxidation sites excluding steroid dienone is 1. The highest BCUT2D eigenvalue weighted by atomic mass is 16.5. The van der Waals surface area contributed by atoms with Crippen molar-refractivity contribution < 1.29 is 28.8 Å². The summed E-state index contributed by atoms with van der Waals surface area (Å²) in [6.07, 6.45) is 3.84. The van der Waals surface area contributed by atoms with E-state index in [1.807, 2.05) is 38.1 Å². The van der Waals surface area contributed by atoms with E-state index in [2.05, 4.69) is 5.32 Å². The summed E-state index contributed by atoms with van der Waals surface area (Å²) < 4.78 is 10.8. The number of para-hydroxylation sites is 1. The molecule has 174 valence electrons. The largest absolute Gasteiger partial charge is 0.475 e. The van der Waals surface area contributed by atoms with Crippen molar-refractivity contribution in [2.75, 3.05) is 13.2 Å². The summed E-state index contributed by atoms with van der Waals surface area (Å²) in [5.41, 5.74) is 1.46. The number of amides is 2. The minimum absolute atomic E-state index is 0.0547. The van der Waals surface area contributed by atoms with Crippen molar-refractivity contribution in [3.05, 3.63) is 47.7 Å². The Morgan fingerprint density at radius 3 is 2.85 bits per heavy atom. The molecule has 1 aliphatic heterocycles. The maximum absolute atomic E-state index is 12.7. The lowest BCUT2D eigenvalue weighted by molar-refractivity contribution is -0.128. The summed E-state index contributed by atoms with van der Waals surface area (Å²) in [6.45, 7) is 4.20. The van der Waals surface area contributed by atoms with Crippen LogP contribution in [0.25, 0.3) is 11.0 Å². The highest BCUT2D eigenvalue weighted by molar-refractivity contribution is 6.43. The van der Waals surface area contributed by atoms with Gasteiger partial charge in [0, 0.05) is 11.9 Å². The molecule has 0 spiro atoms. The average molecular weight is 453 g/mol. The number of furan rings is 1. The first-order valence-electron chi connectivity index (χ1n) is 11.0. The summed E-state index contributed by atoms with van der Waals surface area (Å²) in [5.74, 6) is -1.33. The van der Waals surface area contributed by atoms with Crippen LogP contribution in [0, 0.1) is 17.2 Å². The monoisotopic (exact) mass is 453 g/mol. The number of likely N-dealkylation sites (tertiary alicyclic amines) is 1. The number of hydrogen-bond acceptors (Lipinski definition) is 7. The quantitative estimate of drug-likeness (QED) is 0.317. The van der Waals surface area contributed by atoms with E-state index < -0.39 is 19.2 Å². The fourth-order valence-electron chi connectivity index (χ4n) is 3.94. The van der Waals surface area contributed by atoms with E-state index in [9.17, 15) is 24.9 Å². The Morgan fingerprint density at radius 2 is 2.15 bits per heavy atom. The zero-order valence-corrected chi connectivity index (χ0v) is 18.7. The molecule has 2 aromatic rings. The van der Waals surface area contributed by atoms with E-state index in [4.69, 9.17) is 9.15 Å². The maximum atomic E-state index is 12.7. The lowest BCUT2D eigenvalue weighted by Crippen LogP contribution is -2.49. The Morgan fingerprint density at radius 1 is 1.39 bits per heavy atom. The number of carbonyl (C=O) groups excluding carboxylic acids is 2. The molecule has 1 unspecified atom stereocenters. The second-order valence-electron chi connectivity index (χ2n) is 8.45. The third-order valence-electron chi connectivity index (χ3n) is 5.56. The Bertz CT molecular complexity index is 1060. The molecule has 1 aliphatic rings. The molecule has 1 aromatic carbocycles. The van der Waals surface area contributed by atoms with E-state index in [0.717, 1.165) is 17.4 Å². The normalized spacial score (nSPS) is 17.2. The Labute approximate surface area is 192 Å². The molecule has 3 N–H and O–H groups in total.